The molecule has 2 atom stereocenters. The van der Waals surface area contributed by atoms with Crippen LogP contribution in [0.15, 0.2) is 42.0 Å². The second-order valence-electron chi connectivity index (χ2n) is 6.30. The van der Waals surface area contributed by atoms with Crippen molar-refractivity contribution >= 4 is 0 Å². The number of ether oxygens (including phenoxy) is 1. The van der Waals surface area contributed by atoms with E-state index in [1.807, 2.05) is 6.07 Å². The maximum absolute atomic E-state index is 5.88. The molecule has 0 saturated heterocycles. The van der Waals surface area contributed by atoms with Gasteiger partial charge in [-0.05, 0) is 41.2 Å². The maximum atomic E-state index is 5.88. The van der Waals surface area contributed by atoms with Crippen LogP contribution in [0.25, 0.3) is 0 Å². The predicted molar refractivity (Wildman–Crippen MR) is 74.2 cm³/mol. The highest BCUT2D eigenvalue weighted by molar-refractivity contribution is 5.23. The lowest BCUT2D eigenvalue weighted by Crippen LogP contribution is -2.48. The van der Waals surface area contributed by atoms with E-state index in [4.69, 9.17) is 4.74 Å². The van der Waals surface area contributed by atoms with Crippen LogP contribution < -0.4 is 0 Å². The van der Waals surface area contributed by atoms with Gasteiger partial charge in [-0.1, -0.05) is 50.3 Å². The summed E-state index contributed by atoms with van der Waals surface area (Å²) in [5.74, 6) is 1.69. The molecule has 1 aromatic carbocycles. The van der Waals surface area contributed by atoms with E-state index >= 15 is 0 Å². The summed E-state index contributed by atoms with van der Waals surface area (Å²) in [4.78, 5) is 0. The van der Waals surface area contributed by atoms with E-state index in [0.29, 0.717) is 5.41 Å². The molecule has 18 heavy (non-hydrogen) atoms. The maximum Gasteiger partial charge on any atom is 0.0721 e. The summed E-state index contributed by atoms with van der Waals surface area (Å²) in [5, 5.41) is 0. The molecule has 0 aromatic heterocycles. The molecule has 1 nitrogen and oxygen atoms in total. The zero-order chi connectivity index (χ0) is 12.6. The monoisotopic (exact) mass is 242 g/mol. The number of allylic oxidation sites excluding steroid dienone is 1. The first kappa shape index (κ1) is 12.0. The van der Waals surface area contributed by atoms with E-state index in [1.54, 1.807) is 5.57 Å². The molecule has 0 aliphatic heterocycles. The van der Waals surface area contributed by atoms with Crippen LogP contribution in [0, 0.1) is 17.3 Å². The average molecular weight is 242 g/mol. The molecule has 0 amide bonds. The van der Waals surface area contributed by atoms with Crippen LogP contribution in [-0.2, 0) is 11.3 Å². The highest BCUT2D eigenvalue weighted by Crippen LogP contribution is 2.59. The summed E-state index contributed by atoms with van der Waals surface area (Å²) in [5.41, 5.74) is 3.32. The Balaban J connectivity index is 1.54. The minimum atomic E-state index is 0.514. The normalized spacial score (nSPS) is 28.4. The zero-order valence-electron chi connectivity index (χ0n) is 11.4. The smallest absolute Gasteiger partial charge is 0.0721 e. The molecule has 0 N–H and O–H groups in total. The molecule has 1 saturated carbocycles. The first-order valence-electron chi connectivity index (χ1n) is 6.98. The van der Waals surface area contributed by atoms with Gasteiger partial charge in [0.15, 0.2) is 0 Å². The van der Waals surface area contributed by atoms with Crippen LogP contribution in [0.3, 0.4) is 0 Å². The minimum Gasteiger partial charge on any atom is -0.372 e. The minimum absolute atomic E-state index is 0.514. The van der Waals surface area contributed by atoms with Crippen molar-refractivity contribution in [1.29, 1.82) is 0 Å². The average Bonchev–Trinajstić information content (AvgIpc) is 2.40. The van der Waals surface area contributed by atoms with Crippen molar-refractivity contribution in [2.45, 2.75) is 33.3 Å². The molecule has 1 fully saturated rings. The third kappa shape index (κ3) is 2.01. The van der Waals surface area contributed by atoms with Crippen molar-refractivity contribution in [3.05, 3.63) is 47.5 Å². The molecule has 1 heteroatoms. The highest BCUT2D eigenvalue weighted by atomic mass is 16.5. The second kappa shape index (κ2) is 4.55. The lowest BCUT2D eigenvalue weighted by atomic mass is 9.49. The van der Waals surface area contributed by atoms with Crippen molar-refractivity contribution in [2.24, 2.45) is 17.3 Å². The Kier molecular flexibility index (Phi) is 3.03. The van der Waals surface area contributed by atoms with Gasteiger partial charge in [-0.15, -0.1) is 0 Å². The molecular formula is C17H22O. The lowest BCUT2D eigenvalue weighted by Gasteiger charge is -2.56. The first-order chi connectivity index (χ1) is 8.68. The number of rotatable bonds is 4. The van der Waals surface area contributed by atoms with Gasteiger partial charge in [0, 0.05) is 0 Å². The van der Waals surface area contributed by atoms with Crippen LogP contribution in [0.2, 0.25) is 0 Å². The fraction of sp³-hybridized carbons (Fsp3) is 0.529. The summed E-state index contributed by atoms with van der Waals surface area (Å²) in [6.07, 6.45) is 5.07. The molecule has 0 radical (unpaired) electrons. The Hall–Kier alpha value is -1.08. The molecule has 2 bridgehead atoms. The van der Waals surface area contributed by atoms with Gasteiger partial charge in [0.25, 0.3) is 0 Å². The van der Waals surface area contributed by atoms with E-state index < -0.39 is 0 Å². The molecule has 2 unspecified atom stereocenters. The van der Waals surface area contributed by atoms with Crippen molar-refractivity contribution in [2.75, 3.05) is 6.61 Å². The van der Waals surface area contributed by atoms with Gasteiger partial charge in [0.05, 0.1) is 13.2 Å². The van der Waals surface area contributed by atoms with Crippen molar-refractivity contribution in [3.8, 4) is 0 Å². The van der Waals surface area contributed by atoms with Crippen LogP contribution >= 0.6 is 0 Å². The molecule has 4 rings (SSSR count). The Bertz CT molecular complexity index is 444. The Morgan fingerprint density at radius 2 is 1.94 bits per heavy atom. The van der Waals surface area contributed by atoms with E-state index in [-0.39, 0.29) is 0 Å². The van der Waals surface area contributed by atoms with E-state index in [9.17, 15) is 0 Å². The van der Waals surface area contributed by atoms with Gasteiger partial charge < -0.3 is 4.74 Å². The van der Waals surface area contributed by atoms with Gasteiger partial charge in [0.2, 0.25) is 0 Å². The standard InChI is InChI=1S/C17H22O/c1-17(2)15-9-8-14(16(17)10-15)12-18-11-13-6-4-3-5-7-13/h3-8,15-16H,9-12H2,1-2H3. The van der Waals surface area contributed by atoms with Gasteiger partial charge in [-0.25, -0.2) is 0 Å². The molecule has 3 aliphatic rings. The topological polar surface area (TPSA) is 9.23 Å². The zero-order valence-corrected chi connectivity index (χ0v) is 11.4. The summed E-state index contributed by atoms with van der Waals surface area (Å²) in [7, 11) is 0. The molecule has 0 heterocycles. The van der Waals surface area contributed by atoms with Gasteiger partial charge >= 0.3 is 0 Å². The third-order valence-electron chi connectivity index (χ3n) is 4.96. The molecular weight excluding hydrogens is 220 g/mol. The fourth-order valence-electron chi connectivity index (χ4n) is 3.50. The molecule has 0 spiro atoms. The SMILES string of the molecule is CC1(C)C2CC=C(COCc3ccccc3)C1C2. The van der Waals surface area contributed by atoms with Gasteiger partial charge in [-0.3, -0.25) is 0 Å². The number of benzene rings is 1. The van der Waals surface area contributed by atoms with Gasteiger partial charge in [0.1, 0.15) is 0 Å². The Morgan fingerprint density at radius 1 is 1.17 bits per heavy atom. The number of hydrogen-bond donors (Lipinski definition) is 0. The van der Waals surface area contributed by atoms with Crippen molar-refractivity contribution < 1.29 is 4.74 Å². The quantitative estimate of drug-likeness (QED) is 0.719. The first-order valence-corrected chi connectivity index (χ1v) is 6.98. The summed E-state index contributed by atoms with van der Waals surface area (Å²) < 4.78 is 5.88. The molecule has 1 aromatic rings. The molecule has 96 valence electrons. The predicted octanol–water partition coefficient (Wildman–Crippen LogP) is 4.20. The summed E-state index contributed by atoms with van der Waals surface area (Å²) >= 11 is 0. The number of hydrogen-bond acceptors (Lipinski definition) is 1. The largest absolute Gasteiger partial charge is 0.372 e. The van der Waals surface area contributed by atoms with E-state index in [1.165, 1.54) is 18.4 Å². The van der Waals surface area contributed by atoms with E-state index in [2.05, 4.69) is 44.2 Å². The van der Waals surface area contributed by atoms with Crippen molar-refractivity contribution in [1.82, 2.24) is 0 Å². The van der Waals surface area contributed by atoms with Crippen LogP contribution in [0.4, 0.5) is 0 Å². The van der Waals surface area contributed by atoms with Crippen LogP contribution in [0.5, 0.6) is 0 Å². The highest BCUT2D eigenvalue weighted by Gasteiger charge is 2.50. The van der Waals surface area contributed by atoms with E-state index in [0.717, 1.165) is 25.0 Å². The summed E-state index contributed by atoms with van der Waals surface area (Å²) in [6, 6.07) is 10.4. The Labute approximate surface area is 110 Å². The second-order valence-corrected chi connectivity index (χ2v) is 6.30. The van der Waals surface area contributed by atoms with Crippen LogP contribution in [-0.4, -0.2) is 6.61 Å². The fourth-order valence-corrected chi connectivity index (χ4v) is 3.50. The lowest BCUT2D eigenvalue weighted by molar-refractivity contribution is -0.0184. The van der Waals surface area contributed by atoms with Crippen LogP contribution in [0.1, 0.15) is 32.3 Å². The third-order valence-corrected chi connectivity index (χ3v) is 4.96. The van der Waals surface area contributed by atoms with Gasteiger partial charge in [-0.2, -0.15) is 0 Å². The van der Waals surface area contributed by atoms with Crippen molar-refractivity contribution in [3.63, 3.8) is 0 Å². The number of fused-ring (bicyclic) bond motifs is 1. The summed E-state index contributed by atoms with van der Waals surface area (Å²) in [6.45, 7) is 6.37. The Morgan fingerprint density at radius 3 is 2.61 bits per heavy atom. The molecule has 3 aliphatic carbocycles.